The molecule has 0 atom stereocenters. The second-order valence-electron chi connectivity index (χ2n) is 7.22. The minimum atomic E-state index is -0.551. The zero-order valence-corrected chi connectivity index (χ0v) is 19.5. The summed E-state index contributed by atoms with van der Waals surface area (Å²) in [6.07, 6.45) is 3.13. The van der Waals surface area contributed by atoms with Gasteiger partial charge in [0.2, 0.25) is 5.75 Å². The van der Waals surface area contributed by atoms with E-state index in [1.54, 1.807) is 4.90 Å². The number of anilines is 1. The van der Waals surface area contributed by atoms with Gasteiger partial charge in [0.05, 0.1) is 26.9 Å². The van der Waals surface area contributed by atoms with E-state index in [1.807, 2.05) is 13.8 Å². The van der Waals surface area contributed by atoms with Crippen molar-refractivity contribution in [2.75, 3.05) is 39.7 Å². The van der Waals surface area contributed by atoms with Crippen LogP contribution in [0.1, 0.15) is 47.4 Å². The molecule has 0 fully saturated rings. The van der Waals surface area contributed by atoms with E-state index in [4.69, 9.17) is 14.2 Å². The van der Waals surface area contributed by atoms with Crippen molar-refractivity contribution >= 4 is 17.5 Å². The van der Waals surface area contributed by atoms with Crippen molar-refractivity contribution in [1.82, 2.24) is 9.47 Å². The summed E-state index contributed by atoms with van der Waals surface area (Å²) >= 11 is 0. The second kappa shape index (κ2) is 11.2. The lowest BCUT2D eigenvalue weighted by atomic mass is 10.1. The SMILES string of the molecule is CCCN(CCC)C(=O)c1cc(NC(=O)c2cc(OC)c(OC)c(OC)c2)c(=O)n(C)c1. The molecule has 0 aliphatic carbocycles. The van der Waals surface area contributed by atoms with Gasteiger partial charge in [-0.2, -0.15) is 0 Å². The molecular formula is C23H31N3O6. The van der Waals surface area contributed by atoms with Crippen LogP contribution in [0.3, 0.4) is 0 Å². The Morgan fingerprint density at radius 1 is 0.938 bits per heavy atom. The molecule has 2 rings (SSSR count). The minimum absolute atomic E-state index is 0.00467. The first-order chi connectivity index (χ1) is 15.3. The van der Waals surface area contributed by atoms with Crippen LogP contribution in [0.25, 0.3) is 0 Å². The number of aryl methyl sites for hydroxylation is 1. The number of methoxy groups -OCH3 is 3. The first-order valence-corrected chi connectivity index (χ1v) is 10.4. The first kappa shape index (κ1) is 24.8. The van der Waals surface area contributed by atoms with Crippen LogP contribution in [-0.2, 0) is 7.05 Å². The zero-order chi connectivity index (χ0) is 23.8. The van der Waals surface area contributed by atoms with E-state index < -0.39 is 11.5 Å². The quantitative estimate of drug-likeness (QED) is 0.604. The number of carbonyl (C=O) groups excluding carboxylic acids is 2. The highest BCUT2D eigenvalue weighted by atomic mass is 16.5. The molecule has 1 aromatic heterocycles. The lowest BCUT2D eigenvalue weighted by molar-refractivity contribution is 0.0754. The summed E-state index contributed by atoms with van der Waals surface area (Å²) in [5.41, 5.74) is 0.107. The van der Waals surface area contributed by atoms with Crippen LogP contribution in [0.2, 0.25) is 0 Å². The van der Waals surface area contributed by atoms with E-state index in [0.717, 1.165) is 12.8 Å². The van der Waals surface area contributed by atoms with Gasteiger partial charge < -0.3 is 29.0 Å². The van der Waals surface area contributed by atoms with E-state index in [9.17, 15) is 14.4 Å². The molecule has 0 radical (unpaired) electrons. The third kappa shape index (κ3) is 5.40. The predicted molar refractivity (Wildman–Crippen MR) is 122 cm³/mol. The van der Waals surface area contributed by atoms with Gasteiger partial charge in [0.15, 0.2) is 11.5 Å². The Kier molecular flexibility index (Phi) is 8.69. The molecule has 2 amide bonds. The van der Waals surface area contributed by atoms with Gasteiger partial charge in [-0.05, 0) is 31.0 Å². The third-order valence-corrected chi connectivity index (χ3v) is 4.88. The summed E-state index contributed by atoms with van der Waals surface area (Å²) in [6.45, 7) is 5.23. The molecule has 9 nitrogen and oxygen atoms in total. The van der Waals surface area contributed by atoms with Crippen LogP contribution in [0.5, 0.6) is 17.2 Å². The van der Waals surface area contributed by atoms with Crippen molar-refractivity contribution in [3.8, 4) is 17.2 Å². The van der Waals surface area contributed by atoms with Crippen LogP contribution in [-0.4, -0.2) is 55.7 Å². The fourth-order valence-corrected chi connectivity index (χ4v) is 3.36. The standard InChI is InChI=1S/C23H31N3O6/c1-7-9-26(10-8-2)22(28)16-11-17(23(29)25(3)14-16)24-21(27)15-12-18(30-4)20(32-6)19(13-15)31-5/h11-14H,7-10H2,1-6H3,(H,24,27). The van der Waals surface area contributed by atoms with E-state index in [-0.39, 0.29) is 17.2 Å². The van der Waals surface area contributed by atoms with Crippen LogP contribution < -0.4 is 25.1 Å². The molecule has 32 heavy (non-hydrogen) atoms. The lowest BCUT2D eigenvalue weighted by Gasteiger charge is -2.22. The molecule has 0 saturated carbocycles. The number of nitrogens with one attached hydrogen (secondary N) is 1. The highest BCUT2D eigenvalue weighted by Crippen LogP contribution is 2.38. The second-order valence-corrected chi connectivity index (χ2v) is 7.22. The maximum Gasteiger partial charge on any atom is 0.274 e. The topological polar surface area (TPSA) is 99.1 Å². The Morgan fingerprint density at radius 2 is 1.50 bits per heavy atom. The van der Waals surface area contributed by atoms with Crippen molar-refractivity contribution in [2.45, 2.75) is 26.7 Å². The molecule has 174 valence electrons. The summed E-state index contributed by atoms with van der Waals surface area (Å²) < 4.78 is 17.1. The van der Waals surface area contributed by atoms with Crippen LogP contribution in [0, 0.1) is 0 Å². The van der Waals surface area contributed by atoms with Crippen LogP contribution >= 0.6 is 0 Å². The van der Waals surface area contributed by atoms with Gasteiger partial charge in [0, 0.05) is 31.9 Å². The van der Waals surface area contributed by atoms with Crippen molar-refractivity contribution in [2.24, 2.45) is 7.05 Å². The molecule has 0 aliphatic rings. The molecule has 0 unspecified atom stereocenters. The Hall–Kier alpha value is -3.49. The normalized spacial score (nSPS) is 10.4. The average Bonchev–Trinajstić information content (AvgIpc) is 2.79. The first-order valence-electron chi connectivity index (χ1n) is 10.4. The highest BCUT2D eigenvalue weighted by molar-refractivity contribution is 6.05. The fraction of sp³-hybridized carbons (Fsp3) is 0.435. The number of hydrogen-bond acceptors (Lipinski definition) is 6. The number of pyridine rings is 1. The van der Waals surface area contributed by atoms with E-state index >= 15 is 0 Å². The number of ether oxygens (including phenoxy) is 3. The monoisotopic (exact) mass is 445 g/mol. The van der Waals surface area contributed by atoms with Gasteiger partial charge >= 0.3 is 0 Å². The lowest BCUT2D eigenvalue weighted by Crippen LogP contribution is -2.34. The third-order valence-electron chi connectivity index (χ3n) is 4.88. The maximum atomic E-state index is 13.0. The largest absolute Gasteiger partial charge is 0.493 e. The van der Waals surface area contributed by atoms with Gasteiger partial charge in [-0.1, -0.05) is 13.8 Å². The number of amides is 2. The molecule has 0 bridgehead atoms. The van der Waals surface area contributed by atoms with Gasteiger partial charge in [-0.25, -0.2) is 0 Å². The predicted octanol–water partition coefficient (Wildman–Crippen LogP) is 2.93. The Labute approximate surface area is 187 Å². The number of carbonyl (C=O) groups is 2. The fourth-order valence-electron chi connectivity index (χ4n) is 3.36. The molecule has 0 spiro atoms. The summed E-state index contributed by atoms with van der Waals surface area (Å²) in [7, 11) is 5.90. The van der Waals surface area contributed by atoms with Crippen molar-refractivity contribution < 1.29 is 23.8 Å². The zero-order valence-electron chi connectivity index (χ0n) is 19.5. The van der Waals surface area contributed by atoms with E-state index in [2.05, 4.69) is 5.32 Å². The van der Waals surface area contributed by atoms with E-state index in [1.165, 1.54) is 57.3 Å². The molecule has 2 aromatic rings. The average molecular weight is 446 g/mol. The Morgan fingerprint density at radius 3 is 1.97 bits per heavy atom. The molecule has 9 heteroatoms. The van der Waals surface area contributed by atoms with Crippen molar-refractivity contribution in [1.29, 1.82) is 0 Å². The molecule has 0 saturated heterocycles. The number of nitrogens with zero attached hydrogens (tertiary/aromatic N) is 2. The van der Waals surface area contributed by atoms with Gasteiger partial charge in [0.25, 0.3) is 17.4 Å². The Bertz CT molecular complexity index is 1000. The summed E-state index contributed by atoms with van der Waals surface area (Å²) in [5, 5.41) is 2.61. The molecular weight excluding hydrogens is 414 g/mol. The summed E-state index contributed by atoms with van der Waals surface area (Å²) in [5.74, 6) is 0.228. The maximum absolute atomic E-state index is 13.0. The molecule has 0 aliphatic heterocycles. The van der Waals surface area contributed by atoms with Gasteiger partial charge in [-0.3, -0.25) is 14.4 Å². The smallest absolute Gasteiger partial charge is 0.274 e. The molecule has 1 aromatic carbocycles. The summed E-state index contributed by atoms with van der Waals surface area (Å²) in [6, 6.07) is 4.39. The molecule has 1 heterocycles. The minimum Gasteiger partial charge on any atom is -0.493 e. The van der Waals surface area contributed by atoms with Crippen molar-refractivity contribution in [3.63, 3.8) is 0 Å². The van der Waals surface area contributed by atoms with E-state index in [0.29, 0.717) is 35.9 Å². The van der Waals surface area contributed by atoms with Gasteiger partial charge in [-0.15, -0.1) is 0 Å². The summed E-state index contributed by atoms with van der Waals surface area (Å²) in [4.78, 5) is 40.3. The highest BCUT2D eigenvalue weighted by Gasteiger charge is 2.20. The number of aromatic nitrogens is 1. The van der Waals surface area contributed by atoms with Gasteiger partial charge in [0.1, 0.15) is 5.69 Å². The number of hydrogen-bond donors (Lipinski definition) is 1. The molecule has 1 N–H and O–H groups in total. The van der Waals surface area contributed by atoms with Crippen LogP contribution in [0.4, 0.5) is 5.69 Å². The Balaban J connectivity index is 2.42. The number of rotatable bonds is 10. The number of benzene rings is 1. The van der Waals surface area contributed by atoms with Crippen molar-refractivity contribution in [3.05, 3.63) is 45.9 Å². The van der Waals surface area contributed by atoms with Crippen LogP contribution in [0.15, 0.2) is 29.2 Å².